The van der Waals surface area contributed by atoms with E-state index in [1.165, 1.54) is 7.11 Å². The molecule has 0 saturated carbocycles. The molecule has 0 bridgehead atoms. The fourth-order valence-corrected chi connectivity index (χ4v) is 3.07. The van der Waals surface area contributed by atoms with Gasteiger partial charge in [-0.15, -0.1) is 0 Å². The molecule has 98 valence electrons. The van der Waals surface area contributed by atoms with E-state index in [1.54, 1.807) is 0 Å². The number of esters is 1. The lowest BCUT2D eigenvalue weighted by Crippen LogP contribution is -2.24. The van der Waals surface area contributed by atoms with E-state index in [0.29, 0.717) is 6.54 Å². The molecule has 0 aromatic heterocycles. The molecule has 0 N–H and O–H groups in total. The summed E-state index contributed by atoms with van der Waals surface area (Å²) in [5.74, 6) is -0.162. The van der Waals surface area contributed by atoms with Gasteiger partial charge in [-0.3, -0.25) is 4.79 Å². The monoisotopic (exact) mass is 267 g/mol. The van der Waals surface area contributed by atoms with Crippen molar-refractivity contribution in [3.63, 3.8) is 0 Å². The van der Waals surface area contributed by atoms with Gasteiger partial charge in [0.1, 0.15) is 0 Å². The van der Waals surface area contributed by atoms with Crippen molar-refractivity contribution in [2.75, 3.05) is 25.1 Å². The topological polar surface area (TPSA) is 29.5 Å². The molecule has 1 aliphatic rings. The lowest BCUT2D eigenvalue weighted by Gasteiger charge is -2.22. The average molecular weight is 268 g/mol. The highest BCUT2D eigenvalue weighted by atomic mass is 35.5. The number of halogens is 1. The molecule has 1 unspecified atom stereocenters. The van der Waals surface area contributed by atoms with Gasteiger partial charge in [0.05, 0.1) is 23.7 Å². The van der Waals surface area contributed by atoms with Gasteiger partial charge in [-0.1, -0.05) is 17.7 Å². The summed E-state index contributed by atoms with van der Waals surface area (Å²) in [5.41, 5.74) is 3.36. The first-order valence-corrected chi connectivity index (χ1v) is 6.50. The molecule has 1 atom stereocenters. The van der Waals surface area contributed by atoms with E-state index in [2.05, 4.69) is 17.9 Å². The number of anilines is 1. The molecule has 4 heteroatoms. The molecule has 1 saturated heterocycles. The van der Waals surface area contributed by atoms with Crippen LogP contribution in [0.5, 0.6) is 0 Å². The number of carbonyl (C=O) groups excluding carboxylic acids is 1. The highest BCUT2D eigenvalue weighted by molar-refractivity contribution is 6.33. The Morgan fingerprint density at radius 2 is 2.17 bits per heavy atom. The maximum Gasteiger partial charge on any atom is 0.310 e. The summed E-state index contributed by atoms with van der Waals surface area (Å²) in [6, 6.07) is 4.09. The molecule has 0 spiro atoms. The minimum atomic E-state index is -0.126. The summed E-state index contributed by atoms with van der Waals surface area (Å²) in [7, 11) is 1.44. The van der Waals surface area contributed by atoms with E-state index < -0.39 is 0 Å². The Hall–Kier alpha value is -1.22. The van der Waals surface area contributed by atoms with Crippen LogP contribution in [-0.2, 0) is 9.53 Å². The predicted molar refractivity (Wildman–Crippen MR) is 73.3 cm³/mol. The fourth-order valence-electron chi connectivity index (χ4n) is 2.63. The number of benzene rings is 1. The van der Waals surface area contributed by atoms with E-state index in [-0.39, 0.29) is 11.9 Å². The molecular weight excluding hydrogens is 250 g/mol. The second kappa shape index (κ2) is 5.19. The smallest absolute Gasteiger partial charge is 0.310 e. The number of methoxy groups -OCH3 is 1. The minimum absolute atomic E-state index is 0.0354. The molecule has 2 rings (SSSR count). The molecule has 0 radical (unpaired) electrons. The molecule has 1 fully saturated rings. The maximum absolute atomic E-state index is 11.5. The zero-order chi connectivity index (χ0) is 13.3. The quantitative estimate of drug-likeness (QED) is 0.772. The molecule has 1 aliphatic heterocycles. The Morgan fingerprint density at radius 1 is 1.44 bits per heavy atom. The highest BCUT2D eigenvalue weighted by Crippen LogP contribution is 2.34. The summed E-state index contributed by atoms with van der Waals surface area (Å²) in [6.07, 6.45) is 0.830. The zero-order valence-electron chi connectivity index (χ0n) is 11.0. The summed E-state index contributed by atoms with van der Waals surface area (Å²) < 4.78 is 4.80. The van der Waals surface area contributed by atoms with Crippen molar-refractivity contribution in [1.82, 2.24) is 0 Å². The molecule has 1 heterocycles. The molecule has 1 aromatic carbocycles. The SMILES string of the molecule is COC(=O)C1CCN(c2c(C)cc(C)cc2Cl)C1. The van der Waals surface area contributed by atoms with Crippen LogP contribution in [0, 0.1) is 19.8 Å². The van der Waals surface area contributed by atoms with Crippen molar-refractivity contribution in [2.24, 2.45) is 5.92 Å². The zero-order valence-corrected chi connectivity index (χ0v) is 11.8. The highest BCUT2D eigenvalue weighted by Gasteiger charge is 2.30. The number of nitrogens with zero attached hydrogens (tertiary/aromatic N) is 1. The van der Waals surface area contributed by atoms with Crippen molar-refractivity contribution < 1.29 is 9.53 Å². The fraction of sp³-hybridized carbons (Fsp3) is 0.500. The first-order valence-electron chi connectivity index (χ1n) is 6.12. The third kappa shape index (κ3) is 2.46. The van der Waals surface area contributed by atoms with Crippen LogP contribution in [0.15, 0.2) is 12.1 Å². The van der Waals surface area contributed by atoms with E-state index >= 15 is 0 Å². The number of aryl methyl sites for hydroxylation is 2. The Labute approximate surface area is 113 Å². The standard InChI is InChI=1S/C14H18ClNO2/c1-9-6-10(2)13(12(15)7-9)16-5-4-11(8-16)14(17)18-3/h6-7,11H,4-5,8H2,1-3H3. The van der Waals surface area contributed by atoms with Gasteiger partial charge in [-0.2, -0.15) is 0 Å². The first kappa shape index (κ1) is 13.2. The Kier molecular flexibility index (Phi) is 3.81. The number of ether oxygens (including phenoxy) is 1. The van der Waals surface area contributed by atoms with Crippen LogP contribution in [0.3, 0.4) is 0 Å². The van der Waals surface area contributed by atoms with Gasteiger partial charge in [0.25, 0.3) is 0 Å². The third-order valence-corrected chi connectivity index (χ3v) is 3.73. The molecule has 1 aromatic rings. The summed E-state index contributed by atoms with van der Waals surface area (Å²) in [6.45, 7) is 5.63. The van der Waals surface area contributed by atoms with Crippen molar-refractivity contribution >= 4 is 23.3 Å². The largest absolute Gasteiger partial charge is 0.469 e. The van der Waals surface area contributed by atoms with Crippen molar-refractivity contribution in [3.05, 3.63) is 28.3 Å². The Balaban J connectivity index is 2.22. The van der Waals surface area contributed by atoms with Gasteiger partial charge in [-0.25, -0.2) is 0 Å². The second-order valence-corrected chi connectivity index (χ2v) is 5.27. The van der Waals surface area contributed by atoms with Crippen LogP contribution in [0.1, 0.15) is 17.5 Å². The van der Waals surface area contributed by atoms with Gasteiger partial charge in [0.2, 0.25) is 0 Å². The number of hydrogen-bond acceptors (Lipinski definition) is 3. The lowest BCUT2D eigenvalue weighted by atomic mass is 10.1. The Bertz CT molecular complexity index is 450. The Morgan fingerprint density at radius 3 is 2.78 bits per heavy atom. The van der Waals surface area contributed by atoms with Crippen LogP contribution in [-0.4, -0.2) is 26.2 Å². The lowest BCUT2D eigenvalue weighted by molar-refractivity contribution is -0.144. The number of carbonyl (C=O) groups is 1. The summed E-state index contributed by atoms with van der Waals surface area (Å²) >= 11 is 6.32. The average Bonchev–Trinajstić information content (AvgIpc) is 2.76. The van der Waals surface area contributed by atoms with E-state index in [1.807, 2.05) is 13.0 Å². The van der Waals surface area contributed by atoms with Gasteiger partial charge in [0.15, 0.2) is 0 Å². The molecule has 3 nitrogen and oxygen atoms in total. The van der Waals surface area contributed by atoms with Crippen LogP contribution in [0.2, 0.25) is 5.02 Å². The number of hydrogen-bond donors (Lipinski definition) is 0. The van der Waals surface area contributed by atoms with Gasteiger partial charge >= 0.3 is 5.97 Å². The predicted octanol–water partition coefficient (Wildman–Crippen LogP) is 2.96. The maximum atomic E-state index is 11.5. The van der Waals surface area contributed by atoms with Crippen LogP contribution in [0.4, 0.5) is 5.69 Å². The van der Waals surface area contributed by atoms with E-state index in [0.717, 1.165) is 34.8 Å². The molecule has 0 aliphatic carbocycles. The first-order chi connectivity index (χ1) is 8.52. The van der Waals surface area contributed by atoms with Crippen LogP contribution >= 0.6 is 11.6 Å². The second-order valence-electron chi connectivity index (χ2n) is 4.87. The summed E-state index contributed by atoms with van der Waals surface area (Å²) in [4.78, 5) is 13.7. The van der Waals surface area contributed by atoms with Crippen molar-refractivity contribution in [2.45, 2.75) is 20.3 Å². The van der Waals surface area contributed by atoms with Gasteiger partial charge < -0.3 is 9.64 Å². The van der Waals surface area contributed by atoms with Crippen molar-refractivity contribution in [1.29, 1.82) is 0 Å². The van der Waals surface area contributed by atoms with Gasteiger partial charge in [0, 0.05) is 13.1 Å². The van der Waals surface area contributed by atoms with E-state index in [4.69, 9.17) is 16.3 Å². The van der Waals surface area contributed by atoms with Crippen LogP contribution < -0.4 is 4.90 Å². The molecular formula is C14H18ClNO2. The van der Waals surface area contributed by atoms with Crippen LogP contribution in [0.25, 0.3) is 0 Å². The van der Waals surface area contributed by atoms with E-state index in [9.17, 15) is 4.79 Å². The van der Waals surface area contributed by atoms with Crippen molar-refractivity contribution in [3.8, 4) is 0 Å². The third-order valence-electron chi connectivity index (χ3n) is 3.44. The van der Waals surface area contributed by atoms with Gasteiger partial charge in [-0.05, 0) is 37.5 Å². The molecule has 0 amide bonds. The normalized spacial score (nSPS) is 19.1. The minimum Gasteiger partial charge on any atom is -0.469 e. The number of rotatable bonds is 2. The summed E-state index contributed by atoms with van der Waals surface area (Å²) in [5, 5.41) is 0.762. The molecule has 18 heavy (non-hydrogen) atoms.